The third-order valence-corrected chi connectivity index (χ3v) is 3.07. The zero-order valence-electron chi connectivity index (χ0n) is 11.9. The number of carbonyl (C=O) groups excluding carboxylic acids is 1. The maximum absolute atomic E-state index is 11.3. The summed E-state index contributed by atoms with van der Waals surface area (Å²) in [6.07, 6.45) is 3.29. The van der Waals surface area contributed by atoms with E-state index in [1.807, 2.05) is 0 Å². The molecule has 0 aromatic carbocycles. The van der Waals surface area contributed by atoms with Gasteiger partial charge in [-0.3, -0.25) is 9.69 Å². The lowest BCUT2D eigenvalue weighted by molar-refractivity contribution is -0.121. The van der Waals surface area contributed by atoms with E-state index in [9.17, 15) is 4.79 Å². The van der Waals surface area contributed by atoms with E-state index in [0.717, 1.165) is 38.9 Å². The van der Waals surface area contributed by atoms with Gasteiger partial charge in [0.1, 0.15) is 0 Å². The highest BCUT2D eigenvalue weighted by Gasteiger charge is 2.16. The molecule has 0 aliphatic rings. The Morgan fingerprint density at radius 3 is 2.47 bits per heavy atom. The second-order valence-corrected chi connectivity index (χ2v) is 5.42. The molecule has 0 aliphatic carbocycles. The van der Waals surface area contributed by atoms with Crippen LogP contribution in [0.25, 0.3) is 0 Å². The van der Waals surface area contributed by atoms with Crippen LogP contribution in [0.3, 0.4) is 0 Å². The van der Waals surface area contributed by atoms with Gasteiger partial charge < -0.3 is 11.1 Å². The first-order valence-corrected chi connectivity index (χ1v) is 6.58. The van der Waals surface area contributed by atoms with Crippen LogP contribution >= 0.6 is 0 Å². The standard InChI is InChI=1S/C13H29N3O/c1-5-8-16(10-12(17)15-4)9-6-7-13(2,3)11-14/h5-11,14H2,1-4H3,(H,15,17). The first-order valence-electron chi connectivity index (χ1n) is 6.58. The van der Waals surface area contributed by atoms with E-state index in [1.165, 1.54) is 0 Å². The van der Waals surface area contributed by atoms with Gasteiger partial charge in [-0.2, -0.15) is 0 Å². The Morgan fingerprint density at radius 1 is 1.35 bits per heavy atom. The van der Waals surface area contributed by atoms with Gasteiger partial charge in [0.2, 0.25) is 5.91 Å². The summed E-state index contributed by atoms with van der Waals surface area (Å²) in [6.45, 7) is 9.71. The van der Waals surface area contributed by atoms with Crippen molar-refractivity contribution in [3.05, 3.63) is 0 Å². The first kappa shape index (κ1) is 16.4. The van der Waals surface area contributed by atoms with Crippen LogP contribution in [-0.4, -0.2) is 44.0 Å². The van der Waals surface area contributed by atoms with Gasteiger partial charge in [0.15, 0.2) is 0 Å². The van der Waals surface area contributed by atoms with Gasteiger partial charge >= 0.3 is 0 Å². The molecule has 4 nitrogen and oxygen atoms in total. The summed E-state index contributed by atoms with van der Waals surface area (Å²) in [7, 11) is 1.68. The van der Waals surface area contributed by atoms with Crippen LogP contribution in [0, 0.1) is 5.41 Å². The van der Waals surface area contributed by atoms with Crippen LogP contribution in [0.5, 0.6) is 0 Å². The molecule has 0 atom stereocenters. The second kappa shape index (κ2) is 8.48. The molecule has 1 amide bonds. The molecule has 17 heavy (non-hydrogen) atoms. The molecule has 0 saturated heterocycles. The van der Waals surface area contributed by atoms with Crippen molar-refractivity contribution < 1.29 is 4.79 Å². The molecule has 0 saturated carbocycles. The fourth-order valence-corrected chi connectivity index (χ4v) is 1.75. The highest BCUT2D eigenvalue weighted by atomic mass is 16.1. The molecule has 0 aromatic heterocycles. The van der Waals surface area contributed by atoms with Crippen molar-refractivity contribution in [3.63, 3.8) is 0 Å². The van der Waals surface area contributed by atoms with E-state index >= 15 is 0 Å². The third kappa shape index (κ3) is 8.16. The van der Waals surface area contributed by atoms with Crippen LogP contribution in [-0.2, 0) is 4.79 Å². The summed E-state index contributed by atoms with van der Waals surface area (Å²) in [6, 6.07) is 0. The predicted octanol–water partition coefficient (Wildman–Crippen LogP) is 1.21. The Kier molecular flexibility index (Phi) is 8.17. The zero-order chi connectivity index (χ0) is 13.3. The summed E-state index contributed by atoms with van der Waals surface area (Å²) < 4.78 is 0. The van der Waals surface area contributed by atoms with Crippen LogP contribution in [0.4, 0.5) is 0 Å². The molecule has 0 aliphatic heterocycles. The maximum atomic E-state index is 11.3. The number of amides is 1. The van der Waals surface area contributed by atoms with Crippen molar-refractivity contribution >= 4 is 5.91 Å². The van der Waals surface area contributed by atoms with E-state index in [-0.39, 0.29) is 11.3 Å². The monoisotopic (exact) mass is 243 g/mol. The second-order valence-electron chi connectivity index (χ2n) is 5.42. The van der Waals surface area contributed by atoms with Crippen LogP contribution < -0.4 is 11.1 Å². The van der Waals surface area contributed by atoms with E-state index in [4.69, 9.17) is 5.73 Å². The number of nitrogens with two attached hydrogens (primary N) is 1. The summed E-state index contributed by atoms with van der Waals surface area (Å²) in [5.41, 5.74) is 5.92. The Bertz CT molecular complexity index is 217. The third-order valence-electron chi connectivity index (χ3n) is 3.07. The van der Waals surface area contributed by atoms with Crippen molar-refractivity contribution in [2.45, 2.75) is 40.0 Å². The topological polar surface area (TPSA) is 58.4 Å². The Morgan fingerprint density at radius 2 is 2.00 bits per heavy atom. The molecule has 0 unspecified atom stereocenters. The molecule has 102 valence electrons. The highest BCUT2D eigenvalue weighted by molar-refractivity contribution is 5.77. The van der Waals surface area contributed by atoms with E-state index in [0.29, 0.717) is 6.54 Å². The average molecular weight is 243 g/mol. The van der Waals surface area contributed by atoms with Gasteiger partial charge in [0.05, 0.1) is 6.54 Å². The lowest BCUT2D eigenvalue weighted by atomic mass is 9.88. The minimum Gasteiger partial charge on any atom is -0.358 e. The summed E-state index contributed by atoms with van der Waals surface area (Å²) in [4.78, 5) is 13.6. The van der Waals surface area contributed by atoms with Crippen molar-refractivity contribution in [3.8, 4) is 0 Å². The maximum Gasteiger partial charge on any atom is 0.233 e. The minimum atomic E-state index is 0.0940. The number of rotatable bonds is 9. The smallest absolute Gasteiger partial charge is 0.233 e. The quantitative estimate of drug-likeness (QED) is 0.640. The molecule has 0 bridgehead atoms. The van der Waals surface area contributed by atoms with Crippen molar-refractivity contribution in [1.82, 2.24) is 10.2 Å². The largest absolute Gasteiger partial charge is 0.358 e. The van der Waals surface area contributed by atoms with Crippen LogP contribution in [0.15, 0.2) is 0 Å². The van der Waals surface area contributed by atoms with Gasteiger partial charge in [-0.1, -0.05) is 20.8 Å². The van der Waals surface area contributed by atoms with Crippen molar-refractivity contribution in [1.29, 1.82) is 0 Å². The molecule has 3 N–H and O–H groups in total. The van der Waals surface area contributed by atoms with Gasteiger partial charge in [-0.25, -0.2) is 0 Å². The first-order chi connectivity index (χ1) is 7.95. The lowest BCUT2D eigenvalue weighted by Gasteiger charge is -2.25. The lowest BCUT2D eigenvalue weighted by Crippen LogP contribution is -2.37. The number of likely N-dealkylation sites (N-methyl/N-ethyl adjacent to an activating group) is 1. The van der Waals surface area contributed by atoms with Gasteiger partial charge in [-0.15, -0.1) is 0 Å². The molecular weight excluding hydrogens is 214 g/mol. The number of nitrogens with zero attached hydrogens (tertiary/aromatic N) is 1. The van der Waals surface area contributed by atoms with Gasteiger partial charge in [-0.05, 0) is 44.3 Å². The fourth-order valence-electron chi connectivity index (χ4n) is 1.75. The Labute approximate surface area is 106 Å². The van der Waals surface area contributed by atoms with Crippen LogP contribution in [0.1, 0.15) is 40.0 Å². The molecular formula is C13H29N3O. The molecule has 0 fully saturated rings. The number of carbonyl (C=O) groups is 1. The minimum absolute atomic E-state index is 0.0940. The molecule has 4 heteroatoms. The fraction of sp³-hybridized carbons (Fsp3) is 0.923. The van der Waals surface area contributed by atoms with Gasteiger partial charge in [0, 0.05) is 7.05 Å². The van der Waals surface area contributed by atoms with E-state index in [1.54, 1.807) is 7.05 Å². The Balaban J connectivity index is 3.96. The Hall–Kier alpha value is -0.610. The molecule has 0 radical (unpaired) electrons. The number of hydrogen-bond donors (Lipinski definition) is 2. The molecule has 0 spiro atoms. The average Bonchev–Trinajstić information content (AvgIpc) is 2.29. The zero-order valence-corrected chi connectivity index (χ0v) is 11.9. The van der Waals surface area contributed by atoms with Gasteiger partial charge in [0.25, 0.3) is 0 Å². The predicted molar refractivity (Wildman–Crippen MR) is 72.9 cm³/mol. The summed E-state index contributed by atoms with van der Waals surface area (Å²) in [5.74, 6) is 0.0940. The van der Waals surface area contributed by atoms with Crippen LogP contribution in [0.2, 0.25) is 0 Å². The highest BCUT2D eigenvalue weighted by Crippen LogP contribution is 2.20. The van der Waals surface area contributed by atoms with Crippen molar-refractivity contribution in [2.75, 3.05) is 33.2 Å². The SMILES string of the molecule is CCCN(CCCC(C)(C)CN)CC(=O)NC. The molecule has 0 rings (SSSR count). The molecule has 0 heterocycles. The number of nitrogens with one attached hydrogen (secondary N) is 1. The molecule has 0 aromatic rings. The number of hydrogen-bond acceptors (Lipinski definition) is 3. The van der Waals surface area contributed by atoms with E-state index in [2.05, 4.69) is 31.0 Å². The summed E-state index contributed by atoms with van der Waals surface area (Å²) in [5, 5.41) is 2.67. The van der Waals surface area contributed by atoms with Crippen molar-refractivity contribution in [2.24, 2.45) is 11.1 Å². The van der Waals surface area contributed by atoms with E-state index < -0.39 is 0 Å². The summed E-state index contributed by atoms with van der Waals surface area (Å²) >= 11 is 0. The normalized spacial score (nSPS) is 11.9.